The minimum absolute atomic E-state index is 0.00853. The zero-order chi connectivity index (χ0) is 20.9. The van der Waals surface area contributed by atoms with E-state index in [1.807, 2.05) is 61.5 Å². The van der Waals surface area contributed by atoms with Crippen LogP contribution in [0, 0.1) is 12.8 Å². The van der Waals surface area contributed by atoms with Crippen LogP contribution in [0.3, 0.4) is 0 Å². The van der Waals surface area contributed by atoms with Gasteiger partial charge in [-0.15, -0.1) is 0 Å². The smallest absolute Gasteiger partial charge is 0.227 e. The van der Waals surface area contributed by atoms with E-state index in [4.69, 9.17) is 4.74 Å². The molecule has 1 fully saturated rings. The molecule has 1 atom stereocenters. The number of para-hydroxylation sites is 1. The van der Waals surface area contributed by atoms with Crippen LogP contribution < -0.4 is 15.0 Å². The summed E-state index contributed by atoms with van der Waals surface area (Å²) in [5, 5.41) is 3.97. The first-order valence-corrected chi connectivity index (χ1v) is 10.2. The first-order chi connectivity index (χ1) is 14.6. The second kappa shape index (κ2) is 8.95. The summed E-state index contributed by atoms with van der Waals surface area (Å²) >= 11 is 0. The van der Waals surface area contributed by atoms with Gasteiger partial charge in [0.15, 0.2) is 0 Å². The van der Waals surface area contributed by atoms with Crippen LogP contribution in [0.4, 0.5) is 5.69 Å². The molecule has 1 saturated heterocycles. The second-order valence-corrected chi connectivity index (χ2v) is 7.57. The van der Waals surface area contributed by atoms with Crippen molar-refractivity contribution in [2.24, 2.45) is 5.92 Å². The van der Waals surface area contributed by atoms with E-state index in [0.29, 0.717) is 26.1 Å². The second-order valence-electron chi connectivity index (χ2n) is 7.57. The summed E-state index contributed by atoms with van der Waals surface area (Å²) in [7, 11) is 0. The summed E-state index contributed by atoms with van der Waals surface area (Å²) in [5.74, 6) is 0.340. The summed E-state index contributed by atoms with van der Waals surface area (Å²) in [6, 6.07) is 17.5. The average Bonchev–Trinajstić information content (AvgIpc) is 3.16. The van der Waals surface area contributed by atoms with Gasteiger partial charge in [0.1, 0.15) is 11.3 Å². The summed E-state index contributed by atoms with van der Waals surface area (Å²) in [5.41, 5.74) is 2.82. The quantitative estimate of drug-likeness (QED) is 0.613. The maximum Gasteiger partial charge on any atom is 0.227 e. The Hall–Kier alpha value is -3.41. The molecule has 0 saturated carbocycles. The number of nitrogens with zero attached hydrogens (tertiary/aromatic N) is 2. The average molecular weight is 403 g/mol. The van der Waals surface area contributed by atoms with Gasteiger partial charge in [0.05, 0.1) is 12.5 Å². The summed E-state index contributed by atoms with van der Waals surface area (Å²) in [6.07, 6.45) is 2.67. The fraction of sp³-hybridized carbons (Fsp3) is 0.292. The normalized spacial score (nSPS) is 16.1. The monoisotopic (exact) mass is 403 g/mol. The lowest BCUT2D eigenvalue weighted by atomic mass is 10.1. The molecule has 2 amide bonds. The van der Waals surface area contributed by atoms with Gasteiger partial charge < -0.3 is 15.0 Å². The van der Waals surface area contributed by atoms with Crippen molar-refractivity contribution in [2.45, 2.75) is 19.8 Å². The third-order valence-corrected chi connectivity index (χ3v) is 5.32. The van der Waals surface area contributed by atoms with Crippen LogP contribution in [-0.4, -0.2) is 36.5 Å². The Labute approximate surface area is 175 Å². The predicted molar refractivity (Wildman–Crippen MR) is 117 cm³/mol. The van der Waals surface area contributed by atoms with Crippen molar-refractivity contribution >= 4 is 28.4 Å². The third-order valence-electron chi connectivity index (χ3n) is 5.32. The Kier molecular flexibility index (Phi) is 5.93. The zero-order valence-corrected chi connectivity index (χ0v) is 17.0. The van der Waals surface area contributed by atoms with Crippen molar-refractivity contribution in [1.82, 2.24) is 10.3 Å². The van der Waals surface area contributed by atoms with Crippen molar-refractivity contribution in [1.29, 1.82) is 0 Å². The predicted octanol–water partition coefficient (Wildman–Crippen LogP) is 3.48. The number of rotatable bonds is 7. The molecule has 1 aromatic heterocycles. The van der Waals surface area contributed by atoms with Gasteiger partial charge in [-0.25, -0.2) is 0 Å². The molecule has 154 valence electrons. The van der Waals surface area contributed by atoms with Crippen LogP contribution >= 0.6 is 0 Å². The molecular formula is C24H25N3O3. The van der Waals surface area contributed by atoms with E-state index >= 15 is 0 Å². The maximum absolute atomic E-state index is 12.5. The lowest BCUT2D eigenvalue weighted by molar-refractivity contribution is -0.126. The zero-order valence-electron chi connectivity index (χ0n) is 17.0. The Morgan fingerprint density at radius 1 is 1.17 bits per heavy atom. The lowest BCUT2D eigenvalue weighted by Crippen LogP contribution is -2.34. The molecule has 4 rings (SSSR count). The van der Waals surface area contributed by atoms with Gasteiger partial charge >= 0.3 is 0 Å². The van der Waals surface area contributed by atoms with Crippen molar-refractivity contribution < 1.29 is 14.3 Å². The molecule has 2 heterocycles. The highest BCUT2D eigenvalue weighted by atomic mass is 16.5. The molecule has 0 aliphatic carbocycles. The van der Waals surface area contributed by atoms with Crippen molar-refractivity contribution in [2.75, 3.05) is 24.6 Å². The number of amides is 2. The molecule has 1 unspecified atom stereocenters. The fourth-order valence-electron chi connectivity index (χ4n) is 3.66. The summed E-state index contributed by atoms with van der Waals surface area (Å²) in [6.45, 7) is 3.42. The van der Waals surface area contributed by atoms with Crippen LogP contribution in [0.2, 0.25) is 0 Å². The van der Waals surface area contributed by atoms with Gasteiger partial charge in [0, 0.05) is 36.8 Å². The van der Waals surface area contributed by atoms with Crippen LogP contribution in [-0.2, 0) is 9.59 Å². The molecule has 0 spiro atoms. The van der Waals surface area contributed by atoms with E-state index in [-0.39, 0.29) is 24.2 Å². The summed E-state index contributed by atoms with van der Waals surface area (Å²) < 4.78 is 5.85. The highest BCUT2D eigenvalue weighted by Crippen LogP contribution is 2.26. The Morgan fingerprint density at radius 3 is 2.80 bits per heavy atom. The van der Waals surface area contributed by atoms with Gasteiger partial charge in [-0.05, 0) is 37.6 Å². The Balaban J connectivity index is 1.23. The van der Waals surface area contributed by atoms with E-state index in [1.165, 1.54) is 0 Å². The molecule has 6 heteroatoms. The number of hydrogen-bond acceptors (Lipinski definition) is 4. The number of pyridine rings is 1. The number of nitrogens with one attached hydrogen (secondary N) is 1. The van der Waals surface area contributed by atoms with E-state index in [0.717, 1.165) is 27.9 Å². The van der Waals surface area contributed by atoms with E-state index in [1.54, 1.807) is 11.1 Å². The molecule has 3 aromatic rings. The molecule has 0 bridgehead atoms. The van der Waals surface area contributed by atoms with Gasteiger partial charge in [-0.3, -0.25) is 14.6 Å². The number of carbonyl (C=O) groups is 2. The fourth-order valence-corrected chi connectivity index (χ4v) is 3.66. The summed E-state index contributed by atoms with van der Waals surface area (Å²) in [4.78, 5) is 30.9. The number of fused-ring (bicyclic) bond motifs is 1. The first kappa shape index (κ1) is 19.9. The topological polar surface area (TPSA) is 71.5 Å². The van der Waals surface area contributed by atoms with Crippen molar-refractivity contribution in [3.05, 3.63) is 66.4 Å². The third kappa shape index (κ3) is 4.43. The highest BCUT2D eigenvalue weighted by Gasteiger charge is 2.34. The Bertz CT molecular complexity index is 1040. The first-order valence-electron chi connectivity index (χ1n) is 10.2. The largest absolute Gasteiger partial charge is 0.491 e. The van der Waals surface area contributed by atoms with Crippen LogP contribution in [0.1, 0.15) is 18.4 Å². The standard InChI is InChI=1S/C24H25N3O3/c1-17-8-10-20(11-9-17)27-16-19(15-22(27)28)24(29)26-13-4-14-30-21-7-2-5-18-6-3-12-25-23(18)21/h2-3,5-12,19H,4,13-16H2,1H3,(H,26,29). The molecule has 6 nitrogen and oxygen atoms in total. The minimum Gasteiger partial charge on any atom is -0.491 e. The lowest BCUT2D eigenvalue weighted by Gasteiger charge is -2.17. The van der Waals surface area contributed by atoms with Gasteiger partial charge in [0.2, 0.25) is 11.8 Å². The van der Waals surface area contributed by atoms with Crippen LogP contribution in [0.15, 0.2) is 60.8 Å². The molecule has 0 radical (unpaired) electrons. The molecular weight excluding hydrogens is 378 g/mol. The number of benzene rings is 2. The van der Waals surface area contributed by atoms with E-state index < -0.39 is 0 Å². The van der Waals surface area contributed by atoms with E-state index in [9.17, 15) is 9.59 Å². The van der Waals surface area contributed by atoms with Gasteiger partial charge in [-0.1, -0.05) is 35.9 Å². The van der Waals surface area contributed by atoms with Gasteiger partial charge in [-0.2, -0.15) is 0 Å². The maximum atomic E-state index is 12.5. The van der Waals surface area contributed by atoms with Gasteiger partial charge in [0.25, 0.3) is 0 Å². The molecule has 1 aliphatic rings. The SMILES string of the molecule is Cc1ccc(N2CC(C(=O)NCCCOc3cccc4cccnc34)CC2=O)cc1. The number of aromatic nitrogens is 1. The van der Waals surface area contributed by atoms with Crippen LogP contribution in [0.5, 0.6) is 5.75 Å². The minimum atomic E-state index is -0.318. The molecule has 30 heavy (non-hydrogen) atoms. The molecule has 1 aliphatic heterocycles. The number of ether oxygens (including phenoxy) is 1. The van der Waals surface area contributed by atoms with Crippen molar-refractivity contribution in [3.8, 4) is 5.75 Å². The number of hydrogen-bond donors (Lipinski definition) is 1. The van der Waals surface area contributed by atoms with E-state index in [2.05, 4.69) is 10.3 Å². The highest BCUT2D eigenvalue weighted by molar-refractivity contribution is 6.00. The number of carbonyl (C=O) groups excluding carboxylic acids is 2. The molecule has 1 N–H and O–H groups in total. The number of aryl methyl sites for hydroxylation is 1. The Morgan fingerprint density at radius 2 is 1.97 bits per heavy atom. The number of anilines is 1. The molecule has 2 aromatic carbocycles. The van der Waals surface area contributed by atoms with Crippen molar-refractivity contribution in [3.63, 3.8) is 0 Å². The van der Waals surface area contributed by atoms with Crippen LogP contribution in [0.25, 0.3) is 10.9 Å².